The summed E-state index contributed by atoms with van der Waals surface area (Å²) in [6, 6.07) is -1.43. The Morgan fingerprint density at radius 1 is 1.62 bits per heavy atom. The molecule has 6 nitrogen and oxygen atoms in total. The van der Waals surface area contributed by atoms with Crippen LogP contribution in [0.25, 0.3) is 0 Å². The molecule has 1 unspecified atom stereocenters. The third-order valence-electron chi connectivity index (χ3n) is 1.85. The van der Waals surface area contributed by atoms with Gasteiger partial charge in [-0.3, -0.25) is 5.32 Å². The van der Waals surface area contributed by atoms with Crippen molar-refractivity contribution in [3.05, 3.63) is 11.1 Å². The molecule has 2 amide bonds. The van der Waals surface area contributed by atoms with Gasteiger partial charge in [0.05, 0.1) is 0 Å². The number of amides is 2. The van der Waals surface area contributed by atoms with Crippen LogP contribution in [0, 0.1) is 6.92 Å². The van der Waals surface area contributed by atoms with Gasteiger partial charge in [-0.1, -0.05) is 6.92 Å². The lowest BCUT2D eigenvalue weighted by Gasteiger charge is -2.11. The highest BCUT2D eigenvalue weighted by molar-refractivity contribution is 7.15. The number of carboxylic acids is 1. The Labute approximate surface area is 96.7 Å². The molecule has 1 atom stereocenters. The van der Waals surface area contributed by atoms with E-state index in [1.54, 1.807) is 13.1 Å². The number of urea groups is 1. The predicted molar refractivity (Wildman–Crippen MR) is 60.7 cm³/mol. The molecule has 0 bridgehead atoms. The number of rotatable bonds is 4. The third-order valence-corrected chi connectivity index (χ3v) is 2.68. The van der Waals surface area contributed by atoms with Crippen molar-refractivity contribution in [2.45, 2.75) is 26.3 Å². The Morgan fingerprint density at radius 2 is 2.31 bits per heavy atom. The van der Waals surface area contributed by atoms with Crippen molar-refractivity contribution >= 4 is 28.5 Å². The molecule has 1 aromatic heterocycles. The van der Waals surface area contributed by atoms with Crippen LogP contribution in [0.3, 0.4) is 0 Å². The summed E-state index contributed by atoms with van der Waals surface area (Å²) in [7, 11) is 0. The summed E-state index contributed by atoms with van der Waals surface area (Å²) >= 11 is 1.33. The van der Waals surface area contributed by atoms with Crippen LogP contribution >= 0.6 is 11.3 Å². The minimum absolute atomic E-state index is 0.333. The minimum atomic E-state index is -1.05. The summed E-state index contributed by atoms with van der Waals surface area (Å²) in [6.45, 7) is 3.56. The molecule has 1 rings (SSSR count). The van der Waals surface area contributed by atoms with Crippen molar-refractivity contribution in [2.75, 3.05) is 5.32 Å². The van der Waals surface area contributed by atoms with Crippen LogP contribution in [0.4, 0.5) is 9.93 Å². The average Bonchev–Trinajstić information content (AvgIpc) is 2.60. The highest BCUT2D eigenvalue weighted by atomic mass is 32.1. The van der Waals surface area contributed by atoms with Gasteiger partial charge < -0.3 is 10.4 Å². The minimum Gasteiger partial charge on any atom is -0.480 e. The van der Waals surface area contributed by atoms with E-state index in [-0.39, 0.29) is 0 Å². The number of carboxylic acid groups (broad SMARTS) is 1. The molecule has 0 aliphatic rings. The molecule has 1 heterocycles. The topological polar surface area (TPSA) is 91.3 Å². The molecule has 0 saturated carbocycles. The zero-order chi connectivity index (χ0) is 12.1. The van der Waals surface area contributed by atoms with E-state index in [0.717, 1.165) is 4.88 Å². The molecule has 0 radical (unpaired) electrons. The summed E-state index contributed by atoms with van der Waals surface area (Å²) in [5.74, 6) is -1.05. The van der Waals surface area contributed by atoms with Crippen molar-refractivity contribution in [3.63, 3.8) is 0 Å². The Kier molecular flexibility index (Phi) is 4.24. The number of nitrogens with one attached hydrogen (secondary N) is 2. The van der Waals surface area contributed by atoms with E-state index in [4.69, 9.17) is 5.11 Å². The molecule has 0 aliphatic carbocycles. The highest BCUT2D eigenvalue weighted by Crippen LogP contribution is 2.16. The monoisotopic (exact) mass is 243 g/mol. The summed E-state index contributed by atoms with van der Waals surface area (Å²) in [4.78, 5) is 26.9. The first kappa shape index (κ1) is 12.4. The van der Waals surface area contributed by atoms with E-state index < -0.39 is 18.0 Å². The number of anilines is 1. The Hall–Kier alpha value is -1.63. The number of aromatic nitrogens is 1. The standard InChI is InChI=1S/C9H13N3O3S/c1-3-6(7(13)14)11-8(15)12-9-10-4-5(2)16-9/h4,6H,3H2,1-2H3,(H,13,14)(H2,10,11,12,15). The first-order valence-corrected chi connectivity index (χ1v) is 5.57. The number of hydrogen-bond donors (Lipinski definition) is 3. The van der Waals surface area contributed by atoms with Gasteiger partial charge in [-0.05, 0) is 13.3 Å². The van der Waals surface area contributed by atoms with E-state index in [1.165, 1.54) is 11.3 Å². The maximum absolute atomic E-state index is 11.4. The number of aliphatic carboxylic acids is 1. The van der Waals surface area contributed by atoms with Crippen molar-refractivity contribution in [2.24, 2.45) is 0 Å². The van der Waals surface area contributed by atoms with Crippen molar-refractivity contribution in [1.82, 2.24) is 10.3 Å². The Bertz CT molecular complexity index is 391. The van der Waals surface area contributed by atoms with Gasteiger partial charge in [-0.2, -0.15) is 0 Å². The van der Waals surface area contributed by atoms with E-state index in [0.29, 0.717) is 11.6 Å². The van der Waals surface area contributed by atoms with Crippen LogP contribution in [0.15, 0.2) is 6.20 Å². The summed E-state index contributed by atoms with van der Waals surface area (Å²) < 4.78 is 0. The molecule has 16 heavy (non-hydrogen) atoms. The second-order valence-electron chi connectivity index (χ2n) is 3.17. The van der Waals surface area contributed by atoms with Crippen molar-refractivity contribution in [3.8, 4) is 0 Å². The van der Waals surface area contributed by atoms with Gasteiger partial charge >= 0.3 is 12.0 Å². The molecular formula is C9H13N3O3S. The summed E-state index contributed by atoms with van der Waals surface area (Å²) in [6.07, 6.45) is 1.97. The number of thiazole rings is 1. The quantitative estimate of drug-likeness (QED) is 0.746. The lowest BCUT2D eigenvalue weighted by atomic mass is 10.2. The number of carbonyl (C=O) groups is 2. The smallest absolute Gasteiger partial charge is 0.326 e. The van der Waals surface area contributed by atoms with Gasteiger partial charge in [-0.25, -0.2) is 14.6 Å². The first-order chi connectivity index (χ1) is 7.52. The Balaban J connectivity index is 2.50. The summed E-state index contributed by atoms with van der Waals surface area (Å²) in [5.41, 5.74) is 0. The largest absolute Gasteiger partial charge is 0.480 e. The van der Waals surface area contributed by atoms with Crippen LogP contribution < -0.4 is 10.6 Å². The molecule has 7 heteroatoms. The number of nitrogens with zero attached hydrogens (tertiary/aromatic N) is 1. The molecule has 3 N–H and O–H groups in total. The lowest BCUT2D eigenvalue weighted by molar-refractivity contribution is -0.139. The van der Waals surface area contributed by atoms with Gasteiger partial charge in [0.1, 0.15) is 6.04 Å². The van der Waals surface area contributed by atoms with E-state index in [1.807, 2.05) is 6.92 Å². The number of aryl methyl sites for hydroxylation is 1. The van der Waals surface area contributed by atoms with Crippen molar-refractivity contribution < 1.29 is 14.7 Å². The van der Waals surface area contributed by atoms with Gasteiger partial charge in [-0.15, -0.1) is 11.3 Å². The molecule has 0 saturated heterocycles. The SMILES string of the molecule is CCC(NC(=O)Nc1ncc(C)s1)C(=O)O. The Morgan fingerprint density at radius 3 is 2.75 bits per heavy atom. The zero-order valence-corrected chi connectivity index (χ0v) is 9.80. The van der Waals surface area contributed by atoms with Gasteiger partial charge in [0.2, 0.25) is 0 Å². The van der Waals surface area contributed by atoms with Crippen LogP contribution in [0.1, 0.15) is 18.2 Å². The van der Waals surface area contributed by atoms with Crippen LogP contribution in [0.5, 0.6) is 0 Å². The maximum atomic E-state index is 11.4. The fourth-order valence-corrected chi connectivity index (χ4v) is 1.70. The van der Waals surface area contributed by atoms with Crippen LogP contribution in [-0.2, 0) is 4.79 Å². The fourth-order valence-electron chi connectivity index (χ4n) is 1.04. The highest BCUT2D eigenvalue weighted by Gasteiger charge is 2.17. The first-order valence-electron chi connectivity index (χ1n) is 4.75. The fraction of sp³-hybridized carbons (Fsp3) is 0.444. The van der Waals surface area contributed by atoms with Crippen LogP contribution in [-0.4, -0.2) is 28.1 Å². The average molecular weight is 243 g/mol. The molecule has 0 aromatic carbocycles. The van der Waals surface area contributed by atoms with Crippen LogP contribution in [0.2, 0.25) is 0 Å². The predicted octanol–water partition coefficient (Wildman–Crippen LogP) is 1.44. The molecule has 0 spiro atoms. The second kappa shape index (κ2) is 5.45. The summed E-state index contributed by atoms with van der Waals surface area (Å²) in [5, 5.41) is 14.0. The second-order valence-corrected chi connectivity index (χ2v) is 4.41. The molecular weight excluding hydrogens is 230 g/mol. The molecule has 1 aromatic rings. The lowest BCUT2D eigenvalue weighted by Crippen LogP contribution is -2.42. The van der Waals surface area contributed by atoms with Gasteiger partial charge in [0, 0.05) is 11.1 Å². The third kappa shape index (κ3) is 3.50. The van der Waals surface area contributed by atoms with E-state index >= 15 is 0 Å². The normalized spacial score (nSPS) is 11.9. The maximum Gasteiger partial charge on any atom is 0.326 e. The molecule has 0 aliphatic heterocycles. The van der Waals surface area contributed by atoms with E-state index in [9.17, 15) is 9.59 Å². The molecule has 88 valence electrons. The van der Waals surface area contributed by atoms with Gasteiger partial charge in [0.25, 0.3) is 0 Å². The number of carbonyl (C=O) groups excluding carboxylic acids is 1. The zero-order valence-electron chi connectivity index (χ0n) is 8.98. The van der Waals surface area contributed by atoms with Crippen molar-refractivity contribution in [1.29, 1.82) is 0 Å². The van der Waals surface area contributed by atoms with E-state index in [2.05, 4.69) is 15.6 Å². The number of hydrogen-bond acceptors (Lipinski definition) is 4. The van der Waals surface area contributed by atoms with Gasteiger partial charge in [0.15, 0.2) is 5.13 Å². The molecule has 0 fully saturated rings.